The fourth-order valence-corrected chi connectivity index (χ4v) is 8.84. The predicted molar refractivity (Wildman–Crippen MR) is 165 cm³/mol. The standard InChI is InChI=1S/C23H54N4O12P4/c1-2-3-4-5-6-7-8-9-10-11-23(43(37,38)39)27-18-16-25(21-41(31,32)33)14-12-24(20-40(28,29)30)13-15-26(17-19-27)22-42(34,35)36/h23H,2-22H2,1H3,(H2,28,29,30)(H2,31,32,33)(H2,34,35,36)(H2,37,38,39). The summed E-state index contributed by atoms with van der Waals surface area (Å²) in [6.45, 7) is 2.16. The van der Waals surface area contributed by atoms with E-state index in [0.717, 1.165) is 25.7 Å². The van der Waals surface area contributed by atoms with Crippen LogP contribution in [0.1, 0.15) is 71.1 Å². The molecule has 1 rings (SSSR count). The van der Waals surface area contributed by atoms with Crippen LogP contribution in [0, 0.1) is 0 Å². The van der Waals surface area contributed by atoms with Crippen LogP contribution in [0.3, 0.4) is 0 Å². The Morgan fingerprint density at radius 3 is 1.09 bits per heavy atom. The van der Waals surface area contributed by atoms with E-state index in [9.17, 15) is 57.4 Å². The molecule has 1 fully saturated rings. The van der Waals surface area contributed by atoms with Gasteiger partial charge in [-0.05, 0) is 6.42 Å². The van der Waals surface area contributed by atoms with E-state index in [1.54, 1.807) is 4.90 Å². The van der Waals surface area contributed by atoms with Crippen molar-refractivity contribution in [2.45, 2.75) is 76.9 Å². The van der Waals surface area contributed by atoms with E-state index in [2.05, 4.69) is 6.92 Å². The highest BCUT2D eigenvalue weighted by atomic mass is 31.2. The van der Waals surface area contributed by atoms with Gasteiger partial charge in [-0.1, -0.05) is 64.7 Å². The van der Waals surface area contributed by atoms with Crippen LogP contribution in [0.5, 0.6) is 0 Å². The minimum absolute atomic E-state index is 0.00160. The first kappa shape index (κ1) is 41.5. The van der Waals surface area contributed by atoms with Crippen molar-refractivity contribution in [1.29, 1.82) is 0 Å². The molecule has 1 aliphatic heterocycles. The summed E-state index contributed by atoms with van der Waals surface area (Å²) in [5, 5.41) is 0. The lowest BCUT2D eigenvalue weighted by Crippen LogP contribution is -2.48. The van der Waals surface area contributed by atoms with Crippen LogP contribution in [-0.4, -0.2) is 136 Å². The van der Waals surface area contributed by atoms with E-state index < -0.39 is 55.0 Å². The highest BCUT2D eigenvalue weighted by Crippen LogP contribution is 2.46. The van der Waals surface area contributed by atoms with E-state index in [1.807, 2.05) is 0 Å². The van der Waals surface area contributed by atoms with Gasteiger partial charge in [-0.15, -0.1) is 0 Å². The van der Waals surface area contributed by atoms with E-state index in [1.165, 1.54) is 40.4 Å². The molecule has 1 heterocycles. The maximum atomic E-state index is 12.7. The summed E-state index contributed by atoms with van der Waals surface area (Å²) in [6.07, 6.45) is 7.46. The van der Waals surface area contributed by atoms with Gasteiger partial charge in [-0.2, -0.15) is 0 Å². The summed E-state index contributed by atoms with van der Waals surface area (Å²) in [6, 6.07) is 0. The Hall–Kier alpha value is 0.440. The molecule has 1 unspecified atom stereocenters. The van der Waals surface area contributed by atoms with Gasteiger partial charge in [-0.3, -0.25) is 37.9 Å². The predicted octanol–water partition coefficient (Wildman–Crippen LogP) is 2.04. The molecule has 0 aromatic rings. The summed E-state index contributed by atoms with van der Waals surface area (Å²) in [5.41, 5.74) is 0. The Bertz CT molecular complexity index is 932. The van der Waals surface area contributed by atoms with Crippen LogP contribution < -0.4 is 0 Å². The summed E-state index contributed by atoms with van der Waals surface area (Å²) < 4.78 is 48.0. The number of nitrogens with zero attached hydrogens (tertiary/aromatic N) is 4. The second-order valence-corrected chi connectivity index (χ2v) is 18.1. The molecule has 0 radical (unpaired) electrons. The summed E-state index contributed by atoms with van der Waals surface area (Å²) in [5.74, 6) is -1.18. The number of hydrogen-bond acceptors (Lipinski definition) is 8. The third-order valence-electron chi connectivity index (χ3n) is 7.40. The molecule has 1 atom stereocenters. The van der Waals surface area contributed by atoms with Crippen LogP contribution in [-0.2, 0) is 18.3 Å². The average molecular weight is 703 g/mol. The minimum Gasteiger partial charge on any atom is -0.324 e. The summed E-state index contributed by atoms with van der Waals surface area (Å²) >= 11 is 0. The molecular weight excluding hydrogens is 648 g/mol. The van der Waals surface area contributed by atoms with E-state index >= 15 is 0 Å². The van der Waals surface area contributed by atoms with Crippen LogP contribution in [0.15, 0.2) is 0 Å². The molecular formula is C23H54N4O12P4. The molecule has 0 aromatic carbocycles. The maximum absolute atomic E-state index is 12.7. The van der Waals surface area contributed by atoms with Crippen LogP contribution in [0.2, 0.25) is 0 Å². The lowest BCUT2D eigenvalue weighted by molar-refractivity contribution is 0.128. The molecule has 0 amide bonds. The highest BCUT2D eigenvalue weighted by Gasteiger charge is 2.35. The first-order valence-electron chi connectivity index (χ1n) is 14.9. The molecule has 0 aromatic heterocycles. The summed E-state index contributed by atoms with van der Waals surface area (Å²) in [7, 11) is -18.2. The van der Waals surface area contributed by atoms with Crippen molar-refractivity contribution in [3.8, 4) is 0 Å². The first-order chi connectivity index (χ1) is 19.8. The van der Waals surface area contributed by atoms with E-state index in [4.69, 9.17) is 0 Å². The fourth-order valence-electron chi connectivity index (χ4n) is 5.26. The van der Waals surface area contributed by atoms with Crippen molar-refractivity contribution >= 4 is 30.4 Å². The van der Waals surface area contributed by atoms with Crippen molar-refractivity contribution < 1.29 is 57.4 Å². The number of rotatable bonds is 18. The lowest BCUT2D eigenvalue weighted by atomic mass is 10.1. The van der Waals surface area contributed by atoms with Gasteiger partial charge in [0, 0.05) is 52.4 Å². The van der Waals surface area contributed by atoms with Crippen LogP contribution in [0.25, 0.3) is 0 Å². The molecule has 20 heteroatoms. The van der Waals surface area contributed by atoms with Crippen molar-refractivity contribution in [2.75, 3.05) is 71.2 Å². The minimum atomic E-state index is -4.66. The quantitative estimate of drug-likeness (QED) is 0.0753. The number of hydrogen-bond donors (Lipinski definition) is 8. The van der Waals surface area contributed by atoms with Crippen molar-refractivity contribution in [1.82, 2.24) is 19.6 Å². The third kappa shape index (κ3) is 21.8. The molecule has 0 bridgehead atoms. The van der Waals surface area contributed by atoms with Gasteiger partial charge in [0.25, 0.3) is 0 Å². The lowest BCUT2D eigenvalue weighted by Gasteiger charge is -2.37. The number of unbranched alkanes of at least 4 members (excludes halogenated alkanes) is 8. The van der Waals surface area contributed by atoms with Crippen LogP contribution >= 0.6 is 30.4 Å². The third-order valence-corrected chi connectivity index (χ3v) is 11.1. The zero-order valence-corrected chi connectivity index (χ0v) is 28.8. The van der Waals surface area contributed by atoms with E-state index in [0.29, 0.717) is 6.42 Å². The van der Waals surface area contributed by atoms with E-state index in [-0.39, 0.29) is 58.8 Å². The zero-order chi connectivity index (χ0) is 32.7. The Morgan fingerprint density at radius 2 is 0.791 bits per heavy atom. The topological polar surface area (TPSA) is 243 Å². The Balaban J connectivity index is 3.10. The Labute approximate surface area is 255 Å². The summed E-state index contributed by atoms with van der Waals surface area (Å²) in [4.78, 5) is 83.8. The van der Waals surface area contributed by atoms with Gasteiger partial charge >= 0.3 is 30.4 Å². The zero-order valence-electron chi connectivity index (χ0n) is 25.2. The molecule has 0 saturated carbocycles. The molecule has 43 heavy (non-hydrogen) atoms. The van der Waals surface area contributed by atoms with Crippen molar-refractivity contribution in [2.24, 2.45) is 0 Å². The molecule has 258 valence electrons. The molecule has 0 spiro atoms. The van der Waals surface area contributed by atoms with Gasteiger partial charge in [0.1, 0.15) is 24.6 Å². The van der Waals surface area contributed by atoms with Gasteiger partial charge in [-0.25, -0.2) is 0 Å². The second kappa shape index (κ2) is 20.0. The molecule has 0 aliphatic carbocycles. The molecule has 1 saturated heterocycles. The highest BCUT2D eigenvalue weighted by molar-refractivity contribution is 7.52. The largest absolute Gasteiger partial charge is 0.342 e. The second-order valence-electron chi connectivity index (χ2n) is 11.5. The Morgan fingerprint density at radius 1 is 0.488 bits per heavy atom. The smallest absolute Gasteiger partial charge is 0.324 e. The first-order valence-corrected chi connectivity index (χ1v) is 22.0. The van der Waals surface area contributed by atoms with Gasteiger partial charge < -0.3 is 39.1 Å². The Kier molecular flexibility index (Phi) is 19.2. The maximum Gasteiger partial charge on any atom is 0.342 e. The SMILES string of the molecule is CCCCCCCCCCCC(N1CCN(CP(=O)(O)O)CCN(CP(=O)(O)O)CCN(CP(=O)(O)O)CC1)P(=O)(O)O. The molecule has 1 aliphatic rings. The van der Waals surface area contributed by atoms with Crippen molar-refractivity contribution in [3.63, 3.8) is 0 Å². The van der Waals surface area contributed by atoms with Gasteiger partial charge in [0.05, 0.1) is 0 Å². The fraction of sp³-hybridized carbons (Fsp3) is 1.00. The monoisotopic (exact) mass is 702 g/mol. The van der Waals surface area contributed by atoms with Crippen molar-refractivity contribution in [3.05, 3.63) is 0 Å². The normalized spacial score (nSPS) is 19.7. The molecule has 8 N–H and O–H groups in total. The van der Waals surface area contributed by atoms with Crippen LogP contribution in [0.4, 0.5) is 0 Å². The average Bonchev–Trinajstić information content (AvgIpc) is 2.83. The van der Waals surface area contributed by atoms with Gasteiger partial charge in [0.15, 0.2) is 0 Å². The molecule has 16 nitrogen and oxygen atoms in total. The van der Waals surface area contributed by atoms with Gasteiger partial charge in [0.2, 0.25) is 0 Å².